The van der Waals surface area contributed by atoms with Gasteiger partial charge in [0.25, 0.3) is 0 Å². The van der Waals surface area contributed by atoms with Gasteiger partial charge in [0.2, 0.25) is 11.8 Å². The third-order valence-corrected chi connectivity index (χ3v) is 6.44. The Hall–Kier alpha value is -1.21. The summed E-state index contributed by atoms with van der Waals surface area (Å²) in [4.78, 5) is 26.6. The Balaban J connectivity index is 2.10. The van der Waals surface area contributed by atoms with Crippen molar-refractivity contribution >= 4 is 62.7 Å². The zero-order valence-electron chi connectivity index (χ0n) is 15.5. The Morgan fingerprint density at radius 1 is 1.14 bits per heavy atom. The van der Waals surface area contributed by atoms with Crippen molar-refractivity contribution in [2.75, 3.05) is 12.8 Å². The average Bonchev–Trinajstić information content (AvgIpc) is 2.68. The van der Waals surface area contributed by atoms with Gasteiger partial charge in [0.05, 0.1) is 5.75 Å². The molecule has 2 aromatic carbocycles. The number of amides is 2. The van der Waals surface area contributed by atoms with Crippen LogP contribution in [-0.4, -0.2) is 35.6 Å². The fourth-order valence-corrected chi connectivity index (χ4v) is 4.22. The highest BCUT2D eigenvalue weighted by molar-refractivity contribution is 9.10. The maximum Gasteiger partial charge on any atom is 0.242 e. The highest BCUT2D eigenvalue weighted by atomic mass is 79.9. The summed E-state index contributed by atoms with van der Waals surface area (Å²) in [6, 6.07) is 12.5. The molecule has 2 amide bonds. The first-order valence-corrected chi connectivity index (χ1v) is 11.3. The summed E-state index contributed by atoms with van der Waals surface area (Å²) < 4.78 is 1.01. The van der Waals surface area contributed by atoms with Crippen LogP contribution >= 0.6 is 50.9 Å². The van der Waals surface area contributed by atoms with E-state index in [9.17, 15) is 9.59 Å². The van der Waals surface area contributed by atoms with Crippen LogP contribution in [0.5, 0.6) is 0 Å². The van der Waals surface area contributed by atoms with Gasteiger partial charge in [-0.3, -0.25) is 9.59 Å². The molecule has 0 radical (unpaired) electrons. The van der Waals surface area contributed by atoms with Gasteiger partial charge in [0.15, 0.2) is 0 Å². The maximum atomic E-state index is 12.9. The molecule has 0 aliphatic rings. The second-order valence-electron chi connectivity index (χ2n) is 6.13. The van der Waals surface area contributed by atoms with Gasteiger partial charge >= 0.3 is 0 Å². The number of carbonyl (C=O) groups excluding carboxylic acids is 2. The van der Waals surface area contributed by atoms with Crippen molar-refractivity contribution in [3.05, 3.63) is 68.1 Å². The van der Waals surface area contributed by atoms with E-state index in [0.29, 0.717) is 21.4 Å². The van der Waals surface area contributed by atoms with Gasteiger partial charge in [-0.25, -0.2) is 0 Å². The van der Waals surface area contributed by atoms with Crippen LogP contribution in [0, 0.1) is 0 Å². The molecule has 0 saturated carbocycles. The average molecular weight is 504 g/mol. The summed E-state index contributed by atoms with van der Waals surface area (Å²) in [6.45, 7) is 1.87. The molecular weight excluding hydrogens is 483 g/mol. The number of likely N-dealkylation sites (N-methyl/N-ethyl adjacent to an activating group) is 1. The van der Waals surface area contributed by atoms with Gasteiger partial charge in [-0.1, -0.05) is 57.3 Å². The lowest BCUT2D eigenvalue weighted by molar-refractivity contribution is -0.138. The third kappa shape index (κ3) is 6.41. The fourth-order valence-electron chi connectivity index (χ4n) is 2.56. The van der Waals surface area contributed by atoms with Crippen molar-refractivity contribution in [3.63, 3.8) is 0 Å². The predicted octanol–water partition coefficient (Wildman–Crippen LogP) is 5.15. The van der Waals surface area contributed by atoms with Crippen LogP contribution < -0.4 is 5.32 Å². The normalized spacial score (nSPS) is 11.8. The van der Waals surface area contributed by atoms with Crippen LogP contribution in [0.15, 0.2) is 46.9 Å². The first-order chi connectivity index (χ1) is 13.3. The molecule has 0 aliphatic carbocycles. The lowest BCUT2D eigenvalue weighted by atomic mass is 10.1. The predicted molar refractivity (Wildman–Crippen MR) is 121 cm³/mol. The first-order valence-electron chi connectivity index (χ1n) is 8.59. The molecule has 4 nitrogen and oxygen atoms in total. The molecule has 0 saturated heterocycles. The van der Waals surface area contributed by atoms with Gasteiger partial charge in [-0.2, -0.15) is 0 Å². The minimum Gasteiger partial charge on any atom is -0.357 e. The molecule has 150 valence electrons. The minimum absolute atomic E-state index is 0.144. The number of hydrogen-bond acceptors (Lipinski definition) is 3. The number of rotatable bonds is 8. The monoisotopic (exact) mass is 502 g/mol. The first kappa shape index (κ1) is 23.1. The van der Waals surface area contributed by atoms with Gasteiger partial charge in [-0.15, -0.1) is 11.8 Å². The van der Waals surface area contributed by atoms with E-state index in [1.54, 1.807) is 32.2 Å². The quantitative estimate of drug-likeness (QED) is 0.541. The molecule has 1 N–H and O–H groups in total. The molecular formula is C20H21BrCl2N2O2S. The molecule has 0 aliphatic heterocycles. The van der Waals surface area contributed by atoms with Gasteiger partial charge in [-0.05, 0) is 36.8 Å². The molecule has 2 rings (SSSR count). The van der Waals surface area contributed by atoms with Crippen LogP contribution in [0.4, 0.5) is 0 Å². The van der Waals surface area contributed by atoms with Crippen molar-refractivity contribution in [1.82, 2.24) is 10.2 Å². The fraction of sp³-hybridized carbons (Fsp3) is 0.300. The van der Waals surface area contributed by atoms with Crippen LogP contribution in [0.3, 0.4) is 0 Å². The number of nitrogens with zero attached hydrogens (tertiary/aromatic N) is 1. The Kier molecular flexibility index (Phi) is 9.15. The Morgan fingerprint density at radius 2 is 1.75 bits per heavy atom. The lowest BCUT2D eigenvalue weighted by Crippen LogP contribution is -2.47. The standard InChI is InChI=1S/C20H21BrCl2N2O2S/c1-13(20(27)24-2)25(10-16-17(22)4-3-5-18(16)23)19(26)12-28-11-14-6-8-15(21)9-7-14/h3-9,13H,10-12H2,1-2H3,(H,24,27). The van der Waals surface area contributed by atoms with E-state index in [1.807, 2.05) is 24.3 Å². The summed E-state index contributed by atoms with van der Waals surface area (Å²) in [6.07, 6.45) is 0. The van der Waals surface area contributed by atoms with E-state index < -0.39 is 6.04 Å². The van der Waals surface area contributed by atoms with Crippen molar-refractivity contribution in [2.24, 2.45) is 0 Å². The molecule has 1 unspecified atom stereocenters. The van der Waals surface area contributed by atoms with Crippen molar-refractivity contribution in [2.45, 2.75) is 25.3 Å². The number of thioether (sulfide) groups is 1. The molecule has 0 spiro atoms. The van der Waals surface area contributed by atoms with Gasteiger partial charge < -0.3 is 10.2 Å². The largest absolute Gasteiger partial charge is 0.357 e. The highest BCUT2D eigenvalue weighted by Crippen LogP contribution is 2.27. The Labute approximate surface area is 188 Å². The summed E-state index contributed by atoms with van der Waals surface area (Å²) >= 11 is 17.4. The lowest BCUT2D eigenvalue weighted by Gasteiger charge is -2.29. The van der Waals surface area contributed by atoms with Crippen LogP contribution in [0.1, 0.15) is 18.1 Å². The summed E-state index contributed by atoms with van der Waals surface area (Å²) in [5, 5.41) is 3.53. The van der Waals surface area contributed by atoms with Crippen molar-refractivity contribution in [1.29, 1.82) is 0 Å². The van der Waals surface area contributed by atoms with Crippen LogP contribution in [-0.2, 0) is 21.9 Å². The van der Waals surface area contributed by atoms with Crippen molar-refractivity contribution < 1.29 is 9.59 Å². The number of carbonyl (C=O) groups is 2. The molecule has 1 atom stereocenters. The van der Waals surface area contributed by atoms with E-state index in [4.69, 9.17) is 23.2 Å². The molecule has 28 heavy (non-hydrogen) atoms. The summed E-state index contributed by atoms with van der Waals surface area (Å²) in [7, 11) is 1.55. The smallest absolute Gasteiger partial charge is 0.242 e. The van der Waals surface area contributed by atoms with E-state index in [0.717, 1.165) is 10.0 Å². The van der Waals surface area contributed by atoms with E-state index in [1.165, 1.54) is 16.7 Å². The number of benzene rings is 2. The van der Waals surface area contributed by atoms with Gasteiger partial charge in [0, 0.05) is 39.4 Å². The Bertz CT molecular complexity index is 813. The SMILES string of the molecule is CNC(=O)C(C)N(Cc1c(Cl)cccc1Cl)C(=O)CSCc1ccc(Br)cc1. The van der Waals surface area contributed by atoms with Crippen LogP contribution in [0.25, 0.3) is 0 Å². The van der Waals surface area contributed by atoms with E-state index >= 15 is 0 Å². The number of halogens is 3. The molecule has 2 aromatic rings. The molecule has 0 fully saturated rings. The Morgan fingerprint density at radius 3 is 2.32 bits per heavy atom. The molecule has 0 heterocycles. The van der Waals surface area contributed by atoms with Gasteiger partial charge in [0.1, 0.15) is 6.04 Å². The third-order valence-electron chi connectivity index (χ3n) is 4.21. The summed E-state index contributed by atoms with van der Waals surface area (Å²) in [5.41, 5.74) is 1.76. The minimum atomic E-state index is -0.641. The topological polar surface area (TPSA) is 49.4 Å². The van der Waals surface area contributed by atoms with Crippen LogP contribution in [0.2, 0.25) is 10.0 Å². The molecule has 0 bridgehead atoms. The zero-order valence-corrected chi connectivity index (χ0v) is 19.5. The second-order valence-corrected chi connectivity index (χ2v) is 8.85. The maximum absolute atomic E-state index is 12.9. The molecule has 0 aromatic heterocycles. The summed E-state index contributed by atoms with van der Waals surface area (Å²) in [5.74, 6) is 0.566. The molecule has 8 heteroatoms. The second kappa shape index (κ2) is 11.1. The van der Waals surface area contributed by atoms with Crippen molar-refractivity contribution in [3.8, 4) is 0 Å². The van der Waals surface area contributed by atoms with E-state index in [-0.39, 0.29) is 24.1 Å². The number of nitrogens with one attached hydrogen (secondary N) is 1. The number of hydrogen-bond donors (Lipinski definition) is 1. The van der Waals surface area contributed by atoms with E-state index in [2.05, 4.69) is 21.2 Å². The zero-order chi connectivity index (χ0) is 20.7. The highest BCUT2D eigenvalue weighted by Gasteiger charge is 2.26.